The van der Waals surface area contributed by atoms with Gasteiger partial charge in [-0.3, -0.25) is 9.78 Å². The minimum Gasteiger partial charge on any atom is -0.462 e. The van der Waals surface area contributed by atoms with E-state index in [-0.39, 0.29) is 18.8 Å². The molecule has 0 unspecified atom stereocenters. The van der Waals surface area contributed by atoms with Crippen molar-refractivity contribution in [3.05, 3.63) is 34.1 Å². The largest absolute Gasteiger partial charge is 0.462 e. The van der Waals surface area contributed by atoms with Crippen LogP contribution in [-0.2, 0) is 19.1 Å². The number of pyridine rings is 1. The van der Waals surface area contributed by atoms with Gasteiger partial charge in [0.15, 0.2) is 5.78 Å². The number of carbonyl (C=O) groups is 2. The zero-order valence-electron chi connectivity index (χ0n) is 10.7. The third kappa shape index (κ3) is 4.92. The molecular formula is C13H14BrNO4. The molecule has 0 radical (unpaired) electrons. The van der Waals surface area contributed by atoms with E-state index in [4.69, 9.17) is 9.47 Å². The molecule has 0 aliphatic heterocycles. The van der Waals surface area contributed by atoms with Gasteiger partial charge in [-0.1, -0.05) is 0 Å². The van der Waals surface area contributed by atoms with Gasteiger partial charge in [0.1, 0.15) is 12.2 Å². The summed E-state index contributed by atoms with van der Waals surface area (Å²) in [7, 11) is 1.39. The minimum absolute atomic E-state index is 0.0522. The second-order valence-corrected chi connectivity index (χ2v) is 4.49. The molecule has 0 amide bonds. The minimum atomic E-state index is -0.662. The Morgan fingerprint density at radius 1 is 1.42 bits per heavy atom. The molecule has 0 N–H and O–H groups in total. The number of nitrogens with zero attached hydrogens (tertiary/aromatic N) is 1. The zero-order chi connectivity index (χ0) is 14.3. The summed E-state index contributed by atoms with van der Waals surface area (Å²) in [5, 5.41) is 0. The lowest BCUT2D eigenvalue weighted by atomic mass is 10.1. The van der Waals surface area contributed by atoms with Gasteiger partial charge in [0.25, 0.3) is 0 Å². The molecule has 1 heterocycles. The lowest BCUT2D eigenvalue weighted by molar-refractivity contribution is -0.140. The van der Waals surface area contributed by atoms with Crippen LogP contribution in [0, 0.1) is 0 Å². The van der Waals surface area contributed by atoms with Crippen LogP contribution in [0.15, 0.2) is 28.5 Å². The highest BCUT2D eigenvalue weighted by atomic mass is 79.9. The Bertz CT molecular complexity index is 479. The van der Waals surface area contributed by atoms with Crippen LogP contribution in [0.2, 0.25) is 0 Å². The molecule has 0 aliphatic rings. The average Bonchev–Trinajstić information content (AvgIpc) is 2.36. The summed E-state index contributed by atoms with van der Waals surface area (Å²) < 4.78 is 10.4. The standard InChI is InChI=1S/C13H14BrNO4/c1-3-19-13(17)11(12(16)8-18-2)5-9-4-10(14)7-15-6-9/h4-7H,3,8H2,1-2H3/b11-5+. The van der Waals surface area contributed by atoms with Gasteiger partial charge in [0, 0.05) is 24.0 Å². The molecule has 0 aromatic carbocycles. The number of ketones is 1. The number of carbonyl (C=O) groups excluding carboxylic acids is 2. The van der Waals surface area contributed by atoms with E-state index in [0.717, 1.165) is 4.47 Å². The third-order valence-corrected chi connectivity index (χ3v) is 2.54. The van der Waals surface area contributed by atoms with Crippen molar-refractivity contribution in [2.45, 2.75) is 6.92 Å². The van der Waals surface area contributed by atoms with E-state index in [1.54, 1.807) is 25.4 Å². The molecule has 0 spiro atoms. The second-order valence-electron chi connectivity index (χ2n) is 3.57. The second kappa shape index (κ2) is 7.81. The van der Waals surface area contributed by atoms with E-state index >= 15 is 0 Å². The maximum Gasteiger partial charge on any atom is 0.341 e. The molecule has 0 fully saturated rings. The first kappa shape index (κ1) is 15.5. The number of hydrogen-bond donors (Lipinski definition) is 0. The smallest absolute Gasteiger partial charge is 0.341 e. The number of ether oxygens (including phenoxy) is 2. The van der Waals surface area contributed by atoms with Gasteiger partial charge in [0.05, 0.1) is 6.61 Å². The van der Waals surface area contributed by atoms with Crippen molar-refractivity contribution in [1.29, 1.82) is 0 Å². The summed E-state index contributed by atoms with van der Waals surface area (Å²) >= 11 is 3.27. The van der Waals surface area contributed by atoms with E-state index in [2.05, 4.69) is 20.9 Å². The quantitative estimate of drug-likeness (QED) is 0.346. The van der Waals surface area contributed by atoms with Crippen molar-refractivity contribution < 1.29 is 19.1 Å². The zero-order valence-corrected chi connectivity index (χ0v) is 12.3. The highest BCUT2D eigenvalue weighted by molar-refractivity contribution is 9.10. The summed E-state index contributed by atoms with van der Waals surface area (Å²) in [6, 6.07) is 1.74. The van der Waals surface area contributed by atoms with Crippen molar-refractivity contribution in [2.24, 2.45) is 0 Å². The molecule has 0 saturated heterocycles. The molecule has 19 heavy (non-hydrogen) atoms. The normalized spacial score (nSPS) is 11.2. The summed E-state index contributed by atoms with van der Waals surface area (Å²) in [5.74, 6) is -1.09. The number of hydrogen-bond acceptors (Lipinski definition) is 5. The van der Waals surface area contributed by atoms with Gasteiger partial charge in [-0.2, -0.15) is 0 Å². The third-order valence-electron chi connectivity index (χ3n) is 2.11. The van der Waals surface area contributed by atoms with E-state index in [1.165, 1.54) is 13.2 Å². The van der Waals surface area contributed by atoms with Crippen LogP contribution < -0.4 is 0 Å². The topological polar surface area (TPSA) is 65.5 Å². The molecule has 102 valence electrons. The van der Waals surface area contributed by atoms with Gasteiger partial charge >= 0.3 is 5.97 Å². The molecule has 0 aliphatic carbocycles. The first-order chi connectivity index (χ1) is 9.08. The molecule has 1 rings (SSSR count). The lowest BCUT2D eigenvalue weighted by Gasteiger charge is -2.06. The molecule has 0 atom stereocenters. The maximum absolute atomic E-state index is 11.8. The van der Waals surface area contributed by atoms with Crippen LogP contribution in [0.3, 0.4) is 0 Å². The highest BCUT2D eigenvalue weighted by Crippen LogP contribution is 2.14. The van der Waals surface area contributed by atoms with E-state index in [9.17, 15) is 9.59 Å². The number of halogens is 1. The SMILES string of the molecule is CCOC(=O)/C(=C/c1cncc(Br)c1)C(=O)COC. The van der Waals surface area contributed by atoms with Crippen LogP contribution in [0.5, 0.6) is 0 Å². The Balaban J connectivity index is 3.08. The summed E-state index contributed by atoms with van der Waals surface area (Å²) in [4.78, 5) is 27.5. The van der Waals surface area contributed by atoms with E-state index < -0.39 is 11.8 Å². The number of Topliss-reactive ketones (excluding diaryl/α,β-unsaturated/α-hetero) is 1. The molecule has 1 aromatic rings. The maximum atomic E-state index is 11.8. The molecule has 0 saturated carbocycles. The Morgan fingerprint density at radius 2 is 2.16 bits per heavy atom. The fraction of sp³-hybridized carbons (Fsp3) is 0.308. The Hall–Kier alpha value is -1.53. The molecule has 6 heteroatoms. The van der Waals surface area contributed by atoms with Crippen molar-refractivity contribution in [3.8, 4) is 0 Å². The monoisotopic (exact) mass is 327 g/mol. The first-order valence-electron chi connectivity index (χ1n) is 5.60. The predicted octanol–water partition coefficient (Wildman–Crippen LogP) is 2.01. The Kier molecular flexibility index (Phi) is 6.38. The summed E-state index contributed by atoms with van der Waals surface area (Å²) in [5.41, 5.74) is 0.575. The fourth-order valence-electron chi connectivity index (χ4n) is 1.34. The fourth-order valence-corrected chi connectivity index (χ4v) is 1.73. The lowest BCUT2D eigenvalue weighted by Crippen LogP contribution is -2.19. The number of aromatic nitrogens is 1. The van der Waals surface area contributed by atoms with Crippen LogP contribution in [0.25, 0.3) is 6.08 Å². The Labute approximate surface area is 119 Å². The van der Waals surface area contributed by atoms with E-state index in [1.807, 2.05) is 0 Å². The van der Waals surface area contributed by atoms with Crippen molar-refractivity contribution in [2.75, 3.05) is 20.3 Å². The van der Waals surface area contributed by atoms with Crippen LogP contribution in [-0.4, -0.2) is 37.1 Å². The molecule has 5 nitrogen and oxygen atoms in total. The predicted molar refractivity (Wildman–Crippen MR) is 73.4 cm³/mol. The van der Waals surface area contributed by atoms with Crippen molar-refractivity contribution in [1.82, 2.24) is 4.98 Å². The highest BCUT2D eigenvalue weighted by Gasteiger charge is 2.19. The molecule has 1 aromatic heterocycles. The van der Waals surface area contributed by atoms with Gasteiger partial charge < -0.3 is 9.47 Å². The number of methoxy groups -OCH3 is 1. The van der Waals surface area contributed by atoms with Gasteiger partial charge in [-0.15, -0.1) is 0 Å². The van der Waals surface area contributed by atoms with Crippen LogP contribution in [0.1, 0.15) is 12.5 Å². The van der Waals surface area contributed by atoms with Crippen LogP contribution >= 0.6 is 15.9 Å². The van der Waals surface area contributed by atoms with Gasteiger partial charge in [0.2, 0.25) is 0 Å². The number of esters is 1. The van der Waals surface area contributed by atoms with Gasteiger partial charge in [-0.05, 0) is 40.6 Å². The molecule has 0 bridgehead atoms. The first-order valence-corrected chi connectivity index (χ1v) is 6.39. The number of rotatable bonds is 6. The summed E-state index contributed by atoms with van der Waals surface area (Å²) in [6.45, 7) is 1.70. The van der Waals surface area contributed by atoms with Gasteiger partial charge in [-0.25, -0.2) is 4.79 Å². The van der Waals surface area contributed by atoms with Crippen molar-refractivity contribution in [3.63, 3.8) is 0 Å². The molecular weight excluding hydrogens is 314 g/mol. The Morgan fingerprint density at radius 3 is 2.74 bits per heavy atom. The average molecular weight is 328 g/mol. The van der Waals surface area contributed by atoms with E-state index in [0.29, 0.717) is 5.56 Å². The van der Waals surface area contributed by atoms with Crippen LogP contribution in [0.4, 0.5) is 0 Å². The summed E-state index contributed by atoms with van der Waals surface area (Å²) in [6.07, 6.45) is 4.60. The van der Waals surface area contributed by atoms with Crippen molar-refractivity contribution >= 4 is 33.8 Å².